The maximum atomic E-state index is 12.1. The normalized spacial score (nSPS) is 15.9. The molecule has 3 rings (SSSR count). The second-order valence-corrected chi connectivity index (χ2v) is 5.41. The third-order valence-electron chi connectivity index (χ3n) is 3.86. The molecule has 0 radical (unpaired) electrons. The summed E-state index contributed by atoms with van der Waals surface area (Å²) in [6.07, 6.45) is 4.14. The molecular weight excluding hydrogens is 276 g/mol. The fourth-order valence-corrected chi connectivity index (χ4v) is 2.67. The van der Waals surface area contributed by atoms with Gasteiger partial charge in [-0.25, -0.2) is 5.43 Å². The van der Waals surface area contributed by atoms with Gasteiger partial charge in [-0.2, -0.15) is 5.10 Å². The van der Waals surface area contributed by atoms with Crippen molar-refractivity contribution in [1.29, 1.82) is 0 Å². The first-order valence-corrected chi connectivity index (χ1v) is 7.48. The molecule has 0 saturated carbocycles. The number of amides is 1. The van der Waals surface area contributed by atoms with Crippen LogP contribution in [-0.4, -0.2) is 16.7 Å². The molecule has 0 unspecified atom stereocenters. The highest BCUT2D eigenvalue weighted by Crippen LogP contribution is 2.20. The molecule has 22 heavy (non-hydrogen) atoms. The van der Waals surface area contributed by atoms with E-state index in [2.05, 4.69) is 22.7 Å². The Bertz CT molecular complexity index is 705. The van der Waals surface area contributed by atoms with Gasteiger partial charge < -0.3 is 5.11 Å². The van der Waals surface area contributed by atoms with Crippen molar-refractivity contribution < 1.29 is 9.90 Å². The number of fused-ring (bicyclic) bond motifs is 1. The zero-order valence-corrected chi connectivity index (χ0v) is 12.2. The van der Waals surface area contributed by atoms with Gasteiger partial charge in [-0.05, 0) is 55.5 Å². The molecule has 0 fully saturated rings. The third kappa shape index (κ3) is 3.17. The Hall–Kier alpha value is -2.62. The molecule has 112 valence electrons. The van der Waals surface area contributed by atoms with Gasteiger partial charge in [-0.15, -0.1) is 0 Å². The number of carbonyl (C=O) groups excluding carboxylic acids is 1. The average molecular weight is 294 g/mol. The number of hydrogen-bond acceptors (Lipinski definition) is 3. The monoisotopic (exact) mass is 294 g/mol. The van der Waals surface area contributed by atoms with E-state index in [-0.39, 0.29) is 11.7 Å². The van der Waals surface area contributed by atoms with Crippen molar-refractivity contribution >= 4 is 11.6 Å². The molecule has 0 aromatic heterocycles. The minimum atomic E-state index is -0.269. The summed E-state index contributed by atoms with van der Waals surface area (Å²) in [4.78, 5) is 12.1. The van der Waals surface area contributed by atoms with Crippen LogP contribution in [0.5, 0.6) is 5.75 Å². The van der Waals surface area contributed by atoms with Crippen LogP contribution >= 0.6 is 0 Å². The number of aromatic hydroxyl groups is 1. The summed E-state index contributed by atoms with van der Waals surface area (Å²) in [5.41, 5.74) is 6.45. The lowest BCUT2D eigenvalue weighted by molar-refractivity contribution is 0.0955. The van der Waals surface area contributed by atoms with Crippen LogP contribution in [0, 0.1) is 0 Å². The van der Waals surface area contributed by atoms with Crippen molar-refractivity contribution in [3.05, 3.63) is 65.2 Å². The van der Waals surface area contributed by atoms with Crippen LogP contribution in [-0.2, 0) is 6.42 Å². The Morgan fingerprint density at radius 3 is 2.55 bits per heavy atom. The SMILES string of the molecule is O=C(N/N=C1/CCCCc2ccccc21)c1ccc(O)cc1. The lowest BCUT2D eigenvalue weighted by Gasteiger charge is -2.08. The van der Waals surface area contributed by atoms with Gasteiger partial charge in [0.1, 0.15) is 5.75 Å². The molecule has 4 heteroatoms. The Morgan fingerprint density at radius 2 is 1.73 bits per heavy atom. The number of phenolic OH excluding ortho intramolecular Hbond substituents is 1. The van der Waals surface area contributed by atoms with Crippen molar-refractivity contribution in [1.82, 2.24) is 5.43 Å². The van der Waals surface area contributed by atoms with Crippen LogP contribution in [0.15, 0.2) is 53.6 Å². The molecule has 1 amide bonds. The number of hydrogen-bond donors (Lipinski definition) is 2. The highest BCUT2D eigenvalue weighted by Gasteiger charge is 2.14. The molecule has 0 heterocycles. The van der Waals surface area contributed by atoms with Crippen LogP contribution in [0.4, 0.5) is 0 Å². The third-order valence-corrected chi connectivity index (χ3v) is 3.86. The summed E-state index contributed by atoms with van der Waals surface area (Å²) in [7, 11) is 0. The van der Waals surface area contributed by atoms with Crippen molar-refractivity contribution in [2.24, 2.45) is 5.10 Å². The van der Waals surface area contributed by atoms with E-state index in [1.165, 1.54) is 17.7 Å². The zero-order valence-electron chi connectivity index (χ0n) is 12.2. The summed E-state index contributed by atoms with van der Waals surface area (Å²) in [6.45, 7) is 0. The van der Waals surface area contributed by atoms with E-state index in [0.29, 0.717) is 5.56 Å². The molecule has 0 aliphatic heterocycles. The topological polar surface area (TPSA) is 61.7 Å². The maximum Gasteiger partial charge on any atom is 0.271 e. The fourth-order valence-electron chi connectivity index (χ4n) is 2.67. The zero-order chi connectivity index (χ0) is 15.4. The van der Waals surface area contributed by atoms with Crippen molar-refractivity contribution in [2.75, 3.05) is 0 Å². The standard InChI is InChI=1S/C18H18N2O2/c21-15-11-9-14(10-12-15)18(22)20-19-17-8-4-2-6-13-5-1-3-7-16(13)17/h1,3,5,7,9-12,21H,2,4,6,8H2,(H,20,22)/b19-17-. The number of nitrogens with one attached hydrogen (secondary N) is 1. The van der Waals surface area contributed by atoms with Crippen LogP contribution < -0.4 is 5.43 Å². The molecule has 0 saturated heterocycles. The predicted octanol–water partition coefficient (Wildman–Crippen LogP) is 3.25. The Morgan fingerprint density at radius 1 is 1.00 bits per heavy atom. The van der Waals surface area contributed by atoms with Gasteiger partial charge in [0, 0.05) is 11.1 Å². The summed E-state index contributed by atoms with van der Waals surface area (Å²) in [5, 5.41) is 13.6. The van der Waals surface area contributed by atoms with E-state index in [1.54, 1.807) is 12.1 Å². The van der Waals surface area contributed by atoms with E-state index in [9.17, 15) is 9.90 Å². The van der Waals surface area contributed by atoms with Crippen LogP contribution in [0.3, 0.4) is 0 Å². The molecule has 1 aliphatic carbocycles. The second-order valence-electron chi connectivity index (χ2n) is 5.41. The second kappa shape index (κ2) is 6.43. The van der Waals surface area contributed by atoms with Gasteiger partial charge in [-0.1, -0.05) is 24.3 Å². The quantitative estimate of drug-likeness (QED) is 0.659. The molecule has 2 aromatic carbocycles. The maximum absolute atomic E-state index is 12.1. The molecule has 2 aromatic rings. The van der Waals surface area contributed by atoms with Gasteiger partial charge in [0.25, 0.3) is 5.91 Å². The van der Waals surface area contributed by atoms with Gasteiger partial charge >= 0.3 is 0 Å². The Labute approximate surface area is 129 Å². The molecule has 0 spiro atoms. The highest BCUT2D eigenvalue weighted by molar-refractivity contribution is 6.03. The molecule has 4 nitrogen and oxygen atoms in total. The average Bonchev–Trinajstić information content (AvgIpc) is 2.75. The first kappa shape index (κ1) is 14.3. The van der Waals surface area contributed by atoms with Crippen molar-refractivity contribution in [2.45, 2.75) is 25.7 Å². The van der Waals surface area contributed by atoms with E-state index < -0.39 is 0 Å². The minimum absolute atomic E-state index is 0.139. The summed E-state index contributed by atoms with van der Waals surface area (Å²) in [5.74, 6) is -0.130. The Kier molecular flexibility index (Phi) is 4.19. The molecule has 0 bridgehead atoms. The highest BCUT2D eigenvalue weighted by atomic mass is 16.3. The van der Waals surface area contributed by atoms with E-state index in [4.69, 9.17) is 0 Å². The van der Waals surface area contributed by atoms with Crippen LogP contribution in [0.1, 0.15) is 40.7 Å². The number of rotatable bonds is 2. The van der Waals surface area contributed by atoms with Crippen molar-refractivity contribution in [3.8, 4) is 5.75 Å². The summed E-state index contributed by atoms with van der Waals surface area (Å²) < 4.78 is 0. The van der Waals surface area contributed by atoms with Crippen molar-refractivity contribution in [3.63, 3.8) is 0 Å². The van der Waals surface area contributed by atoms with Gasteiger partial charge in [0.05, 0.1) is 5.71 Å². The van der Waals surface area contributed by atoms with Gasteiger partial charge in [0.2, 0.25) is 0 Å². The molecule has 0 atom stereocenters. The minimum Gasteiger partial charge on any atom is -0.508 e. The predicted molar refractivity (Wildman–Crippen MR) is 86.1 cm³/mol. The number of carbonyl (C=O) groups is 1. The Balaban J connectivity index is 1.80. The van der Waals surface area contributed by atoms with Gasteiger partial charge in [0.15, 0.2) is 0 Å². The van der Waals surface area contributed by atoms with E-state index in [1.807, 2.05) is 12.1 Å². The fraction of sp³-hybridized carbons (Fsp3) is 0.222. The number of hydrazone groups is 1. The number of aryl methyl sites for hydroxylation is 1. The molecule has 1 aliphatic rings. The summed E-state index contributed by atoms with van der Waals surface area (Å²) in [6, 6.07) is 14.4. The lowest BCUT2D eigenvalue weighted by Crippen LogP contribution is -2.20. The van der Waals surface area contributed by atoms with Gasteiger partial charge in [-0.3, -0.25) is 4.79 Å². The number of phenols is 1. The lowest BCUT2D eigenvalue weighted by atomic mass is 10.0. The van der Waals surface area contributed by atoms with E-state index in [0.717, 1.165) is 37.0 Å². The number of benzene rings is 2. The number of nitrogens with zero attached hydrogens (tertiary/aromatic N) is 1. The van der Waals surface area contributed by atoms with Crippen LogP contribution in [0.25, 0.3) is 0 Å². The first-order valence-electron chi connectivity index (χ1n) is 7.48. The molecule has 2 N–H and O–H groups in total. The smallest absolute Gasteiger partial charge is 0.271 e. The molecular formula is C18H18N2O2. The first-order chi connectivity index (χ1) is 10.7. The van der Waals surface area contributed by atoms with Crippen LogP contribution in [0.2, 0.25) is 0 Å². The van der Waals surface area contributed by atoms with E-state index >= 15 is 0 Å². The summed E-state index contributed by atoms with van der Waals surface area (Å²) >= 11 is 0. The largest absolute Gasteiger partial charge is 0.508 e.